The Morgan fingerprint density at radius 2 is 2.27 bits per heavy atom. The molecule has 0 spiro atoms. The first kappa shape index (κ1) is 12.4. The van der Waals surface area contributed by atoms with E-state index in [0.29, 0.717) is 11.1 Å². The van der Waals surface area contributed by atoms with Gasteiger partial charge in [-0.05, 0) is 30.2 Å². The molecule has 4 nitrogen and oxygen atoms in total. The summed E-state index contributed by atoms with van der Waals surface area (Å²) in [5.41, 5.74) is 1.74. The molecule has 0 saturated carbocycles. The fourth-order valence-electron chi connectivity index (χ4n) is 1.13. The molecule has 0 heterocycles. The molecule has 0 N–H and O–H groups in total. The number of halogens is 1. The molecule has 1 aromatic rings. The number of hydrogen-bond donors (Lipinski definition) is 0. The zero-order valence-corrected chi connectivity index (χ0v) is 10.3. The van der Waals surface area contributed by atoms with Crippen LogP contribution in [-0.2, 0) is 20.7 Å². The summed E-state index contributed by atoms with van der Waals surface area (Å²) in [4.78, 5) is 11.1. The van der Waals surface area contributed by atoms with Crippen molar-refractivity contribution >= 4 is 33.3 Å². The molecule has 1 rings (SSSR count). The summed E-state index contributed by atoms with van der Waals surface area (Å²) in [6, 6.07) is 4.77. The number of carbonyl (C=O) groups is 1. The average Bonchev–Trinajstić information content (AvgIpc) is 2.19. The SMILES string of the molecule is Cc1ccc(C(=O)OBr)cc1CS(=O)[O-]. The Bertz CT molecular complexity index is 405. The molecule has 1 aromatic carbocycles. The summed E-state index contributed by atoms with van der Waals surface area (Å²) < 4.78 is 25.4. The lowest BCUT2D eigenvalue weighted by molar-refractivity contribution is 0.0782. The topological polar surface area (TPSA) is 66.4 Å². The number of carbonyl (C=O) groups excluding carboxylic acids is 1. The lowest BCUT2D eigenvalue weighted by atomic mass is 10.1. The van der Waals surface area contributed by atoms with Crippen molar-refractivity contribution in [2.75, 3.05) is 0 Å². The van der Waals surface area contributed by atoms with Crippen LogP contribution < -0.4 is 0 Å². The summed E-state index contributed by atoms with van der Waals surface area (Å²) in [7, 11) is 0. The van der Waals surface area contributed by atoms with Gasteiger partial charge >= 0.3 is 5.97 Å². The van der Waals surface area contributed by atoms with Crippen molar-refractivity contribution in [2.45, 2.75) is 12.7 Å². The summed E-state index contributed by atoms with van der Waals surface area (Å²) in [6.07, 6.45) is 0. The zero-order chi connectivity index (χ0) is 11.4. The van der Waals surface area contributed by atoms with Crippen LogP contribution in [0.15, 0.2) is 18.2 Å². The van der Waals surface area contributed by atoms with Gasteiger partial charge in [-0.15, -0.1) is 0 Å². The van der Waals surface area contributed by atoms with Gasteiger partial charge in [0.05, 0.1) is 5.56 Å². The van der Waals surface area contributed by atoms with Gasteiger partial charge in [0, 0.05) is 5.75 Å². The predicted molar refractivity (Wildman–Crippen MR) is 58.1 cm³/mol. The maximum Gasteiger partial charge on any atom is 0.349 e. The zero-order valence-electron chi connectivity index (χ0n) is 7.86. The van der Waals surface area contributed by atoms with Crippen LogP contribution >= 0.6 is 16.3 Å². The van der Waals surface area contributed by atoms with E-state index in [0.717, 1.165) is 5.56 Å². The molecule has 0 bridgehead atoms. The summed E-state index contributed by atoms with van der Waals surface area (Å²) >= 11 is 0.410. The molecule has 82 valence electrons. The van der Waals surface area contributed by atoms with E-state index in [9.17, 15) is 13.6 Å². The second-order valence-electron chi connectivity index (χ2n) is 2.95. The highest BCUT2D eigenvalue weighted by Gasteiger charge is 2.08. The Labute approximate surface area is 98.4 Å². The standard InChI is InChI=1S/C9H9BrO4S/c1-6-2-3-7(9(11)14-10)4-8(6)5-15(12)13/h2-4H,5H2,1H3,(H,12,13)/p-1. The highest BCUT2D eigenvalue weighted by Crippen LogP contribution is 2.14. The van der Waals surface area contributed by atoms with E-state index in [1.807, 2.05) is 0 Å². The van der Waals surface area contributed by atoms with E-state index in [4.69, 9.17) is 0 Å². The smallest absolute Gasteiger partial charge is 0.349 e. The molecule has 0 saturated heterocycles. The molecule has 1 atom stereocenters. The molecule has 0 aliphatic rings. The maximum absolute atomic E-state index is 11.1. The molecule has 6 heteroatoms. The van der Waals surface area contributed by atoms with Gasteiger partial charge in [-0.2, -0.15) is 0 Å². The van der Waals surface area contributed by atoms with Crippen LogP contribution in [0, 0.1) is 6.92 Å². The minimum absolute atomic E-state index is 0.102. The minimum Gasteiger partial charge on any atom is -0.772 e. The largest absolute Gasteiger partial charge is 0.772 e. The third-order valence-corrected chi connectivity index (χ3v) is 2.77. The predicted octanol–water partition coefficient (Wildman–Crippen LogP) is 1.84. The molecule has 0 fully saturated rings. The van der Waals surface area contributed by atoms with E-state index in [-0.39, 0.29) is 5.75 Å². The van der Waals surface area contributed by atoms with Crippen molar-refractivity contribution in [1.29, 1.82) is 0 Å². The van der Waals surface area contributed by atoms with Crippen LogP contribution in [0.1, 0.15) is 21.5 Å². The second-order valence-corrected chi connectivity index (χ2v) is 4.17. The quantitative estimate of drug-likeness (QED) is 0.797. The Balaban J connectivity index is 3.05. The molecule has 0 radical (unpaired) electrons. The molecule has 0 aliphatic heterocycles. The first-order chi connectivity index (χ1) is 7.04. The van der Waals surface area contributed by atoms with Crippen molar-refractivity contribution in [3.63, 3.8) is 0 Å². The third-order valence-electron chi connectivity index (χ3n) is 1.93. The Morgan fingerprint density at radius 1 is 1.60 bits per heavy atom. The number of benzene rings is 1. The molecule has 0 aliphatic carbocycles. The molecule has 1 unspecified atom stereocenters. The second kappa shape index (κ2) is 5.39. The first-order valence-electron chi connectivity index (χ1n) is 4.03. The Morgan fingerprint density at radius 3 is 2.80 bits per heavy atom. The van der Waals surface area contributed by atoms with E-state index in [1.54, 1.807) is 19.1 Å². The summed E-state index contributed by atoms with van der Waals surface area (Å²) in [5.74, 6) is -0.650. The van der Waals surface area contributed by atoms with Gasteiger partial charge in [-0.3, -0.25) is 4.21 Å². The number of rotatable bonds is 3. The van der Waals surface area contributed by atoms with E-state index in [2.05, 4.69) is 20.1 Å². The van der Waals surface area contributed by atoms with E-state index >= 15 is 0 Å². The molecule has 15 heavy (non-hydrogen) atoms. The van der Waals surface area contributed by atoms with Crippen LogP contribution in [0.25, 0.3) is 0 Å². The van der Waals surface area contributed by atoms with Crippen LogP contribution in [0.2, 0.25) is 0 Å². The van der Waals surface area contributed by atoms with Gasteiger partial charge in [0.15, 0.2) is 16.3 Å². The van der Waals surface area contributed by atoms with Crippen molar-refractivity contribution < 1.29 is 17.4 Å². The minimum atomic E-state index is -2.16. The normalized spacial score (nSPS) is 12.2. The van der Waals surface area contributed by atoms with Gasteiger partial charge in [0.1, 0.15) is 0 Å². The van der Waals surface area contributed by atoms with E-state index in [1.165, 1.54) is 6.07 Å². The summed E-state index contributed by atoms with van der Waals surface area (Å²) in [6.45, 7) is 1.78. The van der Waals surface area contributed by atoms with Gasteiger partial charge in [0.25, 0.3) is 0 Å². The highest BCUT2D eigenvalue weighted by molar-refractivity contribution is 9.06. The lowest BCUT2D eigenvalue weighted by Gasteiger charge is -2.09. The Kier molecular flexibility index (Phi) is 4.44. The van der Waals surface area contributed by atoms with Crippen LogP contribution in [0.3, 0.4) is 0 Å². The van der Waals surface area contributed by atoms with Crippen LogP contribution in [-0.4, -0.2) is 14.7 Å². The van der Waals surface area contributed by atoms with Gasteiger partial charge < -0.3 is 8.38 Å². The third kappa shape index (κ3) is 3.40. The van der Waals surface area contributed by atoms with Crippen molar-refractivity contribution in [3.8, 4) is 0 Å². The van der Waals surface area contributed by atoms with Gasteiger partial charge in [-0.25, -0.2) is 4.79 Å². The maximum atomic E-state index is 11.1. The molecule has 0 amide bonds. The Hall–Kier alpha value is -0.720. The molecule has 0 aromatic heterocycles. The highest BCUT2D eigenvalue weighted by atomic mass is 79.9. The summed E-state index contributed by atoms with van der Waals surface area (Å²) in [5, 5.41) is 0. The average molecular weight is 292 g/mol. The van der Waals surface area contributed by atoms with Crippen LogP contribution in [0.5, 0.6) is 0 Å². The van der Waals surface area contributed by atoms with Crippen molar-refractivity contribution in [3.05, 3.63) is 34.9 Å². The van der Waals surface area contributed by atoms with E-state index < -0.39 is 17.0 Å². The van der Waals surface area contributed by atoms with Gasteiger partial charge in [0.2, 0.25) is 0 Å². The van der Waals surface area contributed by atoms with Crippen LogP contribution in [0.4, 0.5) is 0 Å². The number of hydrogen-bond acceptors (Lipinski definition) is 4. The molecular formula is C9H8BrO4S-. The lowest BCUT2D eigenvalue weighted by Crippen LogP contribution is -2.02. The first-order valence-corrected chi connectivity index (χ1v) is 5.92. The molecular weight excluding hydrogens is 284 g/mol. The number of aryl methyl sites for hydroxylation is 1. The fourth-order valence-corrected chi connectivity index (χ4v) is 1.88. The van der Waals surface area contributed by atoms with Crippen molar-refractivity contribution in [1.82, 2.24) is 0 Å². The monoisotopic (exact) mass is 291 g/mol. The van der Waals surface area contributed by atoms with Gasteiger partial charge in [-0.1, -0.05) is 17.1 Å². The van der Waals surface area contributed by atoms with Crippen molar-refractivity contribution in [2.24, 2.45) is 0 Å². The fraction of sp³-hybridized carbons (Fsp3) is 0.222.